The number of benzene rings is 2. The van der Waals surface area contributed by atoms with Crippen LogP contribution in [-0.2, 0) is 21.4 Å². The average Bonchev–Trinajstić information content (AvgIpc) is 3.28. The second-order valence-electron chi connectivity index (χ2n) is 7.88. The number of nitrogens with zero attached hydrogens (tertiary/aromatic N) is 5. The van der Waals surface area contributed by atoms with E-state index in [1.165, 1.54) is 34.4 Å². The molecule has 0 unspecified atom stereocenters. The largest absolute Gasteiger partial charge is 0.495 e. The molecule has 0 saturated carbocycles. The summed E-state index contributed by atoms with van der Waals surface area (Å²) in [7, 11) is -2.19. The molecule has 11 heteroatoms. The quantitative estimate of drug-likeness (QED) is 0.563. The van der Waals surface area contributed by atoms with Crippen LogP contribution in [0.3, 0.4) is 0 Å². The van der Waals surface area contributed by atoms with Gasteiger partial charge in [-0.1, -0.05) is 36.2 Å². The van der Waals surface area contributed by atoms with Crippen LogP contribution in [0.1, 0.15) is 24.8 Å². The number of methoxy groups -OCH3 is 1. The Morgan fingerprint density at radius 3 is 2.52 bits per heavy atom. The molecule has 0 radical (unpaired) electrons. The maximum absolute atomic E-state index is 13.0. The second-order valence-corrected chi connectivity index (χ2v) is 9.82. The number of aromatic nitrogens is 4. The fraction of sp³-hybridized carbons (Fsp3) is 0.364. The normalized spacial score (nSPS) is 14.7. The number of piperidine rings is 1. The van der Waals surface area contributed by atoms with E-state index < -0.39 is 15.9 Å². The number of amides is 1. The number of aryl methyl sites for hydroxylation is 1. The lowest BCUT2D eigenvalue weighted by atomic mass is 10.1. The van der Waals surface area contributed by atoms with E-state index in [2.05, 4.69) is 20.7 Å². The van der Waals surface area contributed by atoms with Gasteiger partial charge in [0.15, 0.2) is 0 Å². The topological polar surface area (TPSA) is 119 Å². The highest BCUT2D eigenvalue weighted by molar-refractivity contribution is 7.89. The van der Waals surface area contributed by atoms with E-state index in [0.717, 1.165) is 30.4 Å². The number of hydrogen-bond donors (Lipinski definition) is 1. The van der Waals surface area contributed by atoms with Crippen molar-refractivity contribution in [3.05, 3.63) is 48.0 Å². The van der Waals surface area contributed by atoms with Crippen LogP contribution in [-0.4, -0.2) is 59.0 Å². The molecule has 0 aliphatic carbocycles. The molecule has 0 spiro atoms. The zero-order chi connectivity index (χ0) is 23.4. The first-order chi connectivity index (χ1) is 15.9. The molecular formula is C22H26N6O4S. The molecule has 33 heavy (non-hydrogen) atoms. The number of carbonyl (C=O) groups is 1. The SMILES string of the molecule is COc1ccc(S(=O)(=O)N2CCCCC2)cc1NC(=O)Cn1nnc(-c2ccc(C)cc2)n1. The zero-order valence-electron chi connectivity index (χ0n) is 18.6. The van der Waals surface area contributed by atoms with Crippen molar-refractivity contribution in [2.75, 3.05) is 25.5 Å². The summed E-state index contributed by atoms with van der Waals surface area (Å²) >= 11 is 0. The highest BCUT2D eigenvalue weighted by atomic mass is 32.2. The van der Waals surface area contributed by atoms with Crippen molar-refractivity contribution in [1.29, 1.82) is 0 Å². The third kappa shape index (κ3) is 5.20. The highest BCUT2D eigenvalue weighted by Crippen LogP contribution is 2.30. The summed E-state index contributed by atoms with van der Waals surface area (Å²) in [6.45, 7) is 2.79. The van der Waals surface area contributed by atoms with Gasteiger partial charge >= 0.3 is 0 Å². The Labute approximate surface area is 192 Å². The maximum atomic E-state index is 13.0. The molecule has 1 aromatic heterocycles. The first-order valence-electron chi connectivity index (χ1n) is 10.7. The molecule has 1 N–H and O–H groups in total. The minimum absolute atomic E-state index is 0.112. The second kappa shape index (κ2) is 9.67. The number of tetrazole rings is 1. The third-order valence-electron chi connectivity index (χ3n) is 5.45. The third-order valence-corrected chi connectivity index (χ3v) is 7.34. The number of ether oxygens (including phenoxy) is 1. The van der Waals surface area contributed by atoms with Crippen LogP contribution in [0.5, 0.6) is 5.75 Å². The molecule has 3 aromatic rings. The average molecular weight is 471 g/mol. The maximum Gasteiger partial charge on any atom is 0.248 e. The lowest BCUT2D eigenvalue weighted by Crippen LogP contribution is -2.35. The molecule has 1 saturated heterocycles. The van der Waals surface area contributed by atoms with E-state index in [-0.39, 0.29) is 17.1 Å². The van der Waals surface area contributed by atoms with Gasteiger partial charge in [0.1, 0.15) is 12.3 Å². The number of carbonyl (C=O) groups excluding carboxylic acids is 1. The molecule has 4 rings (SSSR count). The summed E-state index contributed by atoms with van der Waals surface area (Å²) in [6.07, 6.45) is 2.71. The number of anilines is 1. The predicted molar refractivity (Wildman–Crippen MR) is 122 cm³/mol. The Kier molecular flexibility index (Phi) is 6.70. The predicted octanol–water partition coefficient (Wildman–Crippen LogP) is 2.47. The smallest absolute Gasteiger partial charge is 0.248 e. The Morgan fingerprint density at radius 2 is 1.82 bits per heavy atom. The van der Waals surface area contributed by atoms with Gasteiger partial charge in [-0.15, -0.1) is 10.2 Å². The molecule has 0 bridgehead atoms. The van der Waals surface area contributed by atoms with Crippen LogP contribution in [0.4, 0.5) is 5.69 Å². The molecule has 1 amide bonds. The van der Waals surface area contributed by atoms with E-state index in [0.29, 0.717) is 24.7 Å². The summed E-state index contributed by atoms with van der Waals surface area (Å²) in [6, 6.07) is 12.1. The van der Waals surface area contributed by atoms with Crippen LogP contribution in [0.25, 0.3) is 11.4 Å². The van der Waals surface area contributed by atoms with Crippen molar-refractivity contribution in [3.8, 4) is 17.1 Å². The Hall–Kier alpha value is -3.31. The van der Waals surface area contributed by atoms with Crippen LogP contribution < -0.4 is 10.1 Å². The van der Waals surface area contributed by atoms with Crippen LogP contribution in [0.15, 0.2) is 47.4 Å². The zero-order valence-corrected chi connectivity index (χ0v) is 19.4. The van der Waals surface area contributed by atoms with Gasteiger partial charge in [-0.25, -0.2) is 8.42 Å². The Balaban J connectivity index is 1.49. The van der Waals surface area contributed by atoms with E-state index in [9.17, 15) is 13.2 Å². The van der Waals surface area contributed by atoms with Crippen molar-refractivity contribution in [2.45, 2.75) is 37.6 Å². The fourth-order valence-electron chi connectivity index (χ4n) is 3.65. The molecule has 1 aliphatic rings. The number of rotatable bonds is 7. The molecule has 1 aliphatic heterocycles. The van der Waals surface area contributed by atoms with Gasteiger partial charge in [-0.3, -0.25) is 4.79 Å². The van der Waals surface area contributed by atoms with Gasteiger partial charge in [0.2, 0.25) is 21.8 Å². The summed E-state index contributed by atoms with van der Waals surface area (Å²) in [5.41, 5.74) is 2.17. The molecule has 10 nitrogen and oxygen atoms in total. The van der Waals surface area contributed by atoms with Crippen molar-refractivity contribution < 1.29 is 17.9 Å². The number of hydrogen-bond acceptors (Lipinski definition) is 7. The Morgan fingerprint density at radius 1 is 1.09 bits per heavy atom. The monoisotopic (exact) mass is 470 g/mol. The fourth-order valence-corrected chi connectivity index (χ4v) is 5.19. The van der Waals surface area contributed by atoms with Gasteiger partial charge < -0.3 is 10.1 Å². The minimum atomic E-state index is -3.65. The van der Waals surface area contributed by atoms with E-state index in [1.807, 2.05) is 31.2 Å². The minimum Gasteiger partial charge on any atom is -0.495 e. The van der Waals surface area contributed by atoms with Crippen LogP contribution in [0, 0.1) is 6.92 Å². The summed E-state index contributed by atoms with van der Waals surface area (Å²) in [5, 5.41) is 14.9. The van der Waals surface area contributed by atoms with Gasteiger partial charge in [-0.05, 0) is 43.2 Å². The number of nitrogens with one attached hydrogen (secondary N) is 1. The highest BCUT2D eigenvalue weighted by Gasteiger charge is 2.27. The molecule has 174 valence electrons. The first kappa shape index (κ1) is 22.9. The van der Waals surface area contributed by atoms with Gasteiger partial charge in [0, 0.05) is 18.7 Å². The van der Waals surface area contributed by atoms with Crippen molar-refractivity contribution in [3.63, 3.8) is 0 Å². The van der Waals surface area contributed by atoms with E-state index >= 15 is 0 Å². The summed E-state index contributed by atoms with van der Waals surface area (Å²) in [4.78, 5) is 13.9. The lowest BCUT2D eigenvalue weighted by molar-refractivity contribution is -0.117. The van der Waals surface area contributed by atoms with Crippen LogP contribution >= 0.6 is 0 Å². The van der Waals surface area contributed by atoms with Crippen molar-refractivity contribution in [1.82, 2.24) is 24.5 Å². The Bertz CT molecular complexity index is 1230. The van der Waals surface area contributed by atoms with E-state index in [1.54, 1.807) is 0 Å². The standard InChI is InChI=1S/C22H26N6O4S/c1-16-6-8-17(9-7-16)22-24-26-28(25-22)15-21(29)23-19-14-18(10-11-20(19)32-2)33(30,31)27-12-4-3-5-13-27/h6-11,14H,3-5,12-13,15H2,1-2H3,(H,23,29). The van der Waals surface area contributed by atoms with E-state index in [4.69, 9.17) is 4.74 Å². The van der Waals surface area contributed by atoms with Gasteiger partial charge in [0.05, 0.1) is 17.7 Å². The molecule has 2 heterocycles. The van der Waals surface area contributed by atoms with Crippen LogP contribution in [0.2, 0.25) is 0 Å². The molecule has 2 aromatic carbocycles. The van der Waals surface area contributed by atoms with Gasteiger partial charge in [-0.2, -0.15) is 9.10 Å². The summed E-state index contributed by atoms with van der Waals surface area (Å²) in [5.74, 6) is 0.330. The molecule has 1 fully saturated rings. The molecular weight excluding hydrogens is 444 g/mol. The van der Waals surface area contributed by atoms with Crippen molar-refractivity contribution in [2.24, 2.45) is 0 Å². The van der Waals surface area contributed by atoms with Gasteiger partial charge in [0.25, 0.3) is 0 Å². The van der Waals surface area contributed by atoms with Crippen molar-refractivity contribution >= 4 is 21.6 Å². The lowest BCUT2D eigenvalue weighted by Gasteiger charge is -2.26. The summed E-state index contributed by atoms with van der Waals surface area (Å²) < 4.78 is 32.8. The molecule has 0 atom stereocenters. The first-order valence-corrected chi connectivity index (χ1v) is 12.1. The number of sulfonamides is 1.